The van der Waals surface area contributed by atoms with Crippen molar-refractivity contribution in [2.75, 3.05) is 0 Å². The number of nitrogens with zero attached hydrogens (tertiary/aromatic N) is 1. The highest BCUT2D eigenvalue weighted by Gasteiger charge is 2.09. The van der Waals surface area contributed by atoms with E-state index in [1.807, 2.05) is 6.92 Å². The Hall–Kier alpha value is -0.830. The van der Waals surface area contributed by atoms with Gasteiger partial charge in [-0.2, -0.15) is 0 Å². The summed E-state index contributed by atoms with van der Waals surface area (Å²) in [6, 6.07) is 4.48. The van der Waals surface area contributed by atoms with Crippen molar-refractivity contribution in [2.45, 2.75) is 39.2 Å². The number of thiophene rings is 1. The van der Waals surface area contributed by atoms with Gasteiger partial charge in [-0.05, 0) is 17.9 Å². The quantitative estimate of drug-likeness (QED) is 0.587. The van der Waals surface area contributed by atoms with E-state index in [1.54, 1.807) is 11.3 Å². The summed E-state index contributed by atoms with van der Waals surface area (Å²) in [5.41, 5.74) is 5.76. The van der Waals surface area contributed by atoms with E-state index < -0.39 is 0 Å². The molecule has 0 aromatic carbocycles. The average molecular weight is 210 g/mol. The van der Waals surface area contributed by atoms with E-state index in [-0.39, 0.29) is 6.04 Å². The fourth-order valence-electron chi connectivity index (χ4n) is 1.32. The molecule has 0 radical (unpaired) electrons. The molecule has 78 valence electrons. The van der Waals surface area contributed by atoms with Gasteiger partial charge >= 0.3 is 0 Å². The van der Waals surface area contributed by atoms with Crippen molar-refractivity contribution in [3.8, 4) is 0 Å². The molecule has 0 fully saturated rings. The lowest BCUT2D eigenvalue weighted by molar-refractivity contribution is 0.648. The molecule has 2 nitrogen and oxygen atoms in total. The number of rotatable bonds is 5. The van der Waals surface area contributed by atoms with E-state index in [4.69, 9.17) is 5.73 Å². The van der Waals surface area contributed by atoms with E-state index in [9.17, 15) is 0 Å². The normalized spacial score (nSPS) is 14.3. The van der Waals surface area contributed by atoms with Gasteiger partial charge in [0.15, 0.2) is 0 Å². The van der Waals surface area contributed by atoms with Crippen LogP contribution in [0.2, 0.25) is 0 Å². The Bertz CT molecular complexity index is 277. The second kappa shape index (κ2) is 5.81. The maximum Gasteiger partial charge on any atom is 0.0942 e. The maximum atomic E-state index is 5.76. The lowest BCUT2D eigenvalue weighted by Crippen LogP contribution is -2.11. The van der Waals surface area contributed by atoms with Crippen LogP contribution in [0, 0.1) is 0 Å². The SMILES string of the molecule is CCCC(N=C(N)CC)c1cccs1. The van der Waals surface area contributed by atoms with Crippen molar-refractivity contribution in [3.05, 3.63) is 22.4 Å². The fourth-order valence-corrected chi connectivity index (χ4v) is 2.12. The smallest absolute Gasteiger partial charge is 0.0942 e. The van der Waals surface area contributed by atoms with Gasteiger partial charge in [0.05, 0.1) is 11.9 Å². The summed E-state index contributed by atoms with van der Waals surface area (Å²) < 4.78 is 0. The van der Waals surface area contributed by atoms with Gasteiger partial charge in [-0.1, -0.05) is 26.3 Å². The highest BCUT2D eigenvalue weighted by Crippen LogP contribution is 2.26. The first-order valence-electron chi connectivity index (χ1n) is 5.13. The summed E-state index contributed by atoms with van der Waals surface area (Å²) in [6.07, 6.45) is 3.07. The lowest BCUT2D eigenvalue weighted by atomic mass is 10.1. The second-order valence-electron chi connectivity index (χ2n) is 3.29. The molecule has 1 heterocycles. The summed E-state index contributed by atoms with van der Waals surface area (Å²) in [4.78, 5) is 5.85. The third kappa shape index (κ3) is 3.14. The van der Waals surface area contributed by atoms with Crippen molar-refractivity contribution in [1.82, 2.24) is 0 Å². The first-order chi connectivity index (χ1) is 6.77. The highest BCUT2D eigenvalue weighted by molar-refractivity contribution is 7.10. The Morgan fingerprint density at radius 2 is 2.36 bits per heavy atom. The van der Waals surface area contributed by atoms with Gasteiger partial charge in [-0.15, -0.1) is 11.3 Å². The molecule has 0 saturated carbocycles. The van der Waals surface area contributed by atoms with Gasteiger partial charge in [0, 0.05) is 11.3 Å². The zero-order chi connectivity index (χ0) is 10.4. The van der Waals surface area contributed by atoms with E-state index >= 15 is 0 Å². The van der Waals surface area contributed by atoms with E-state index in [2.05, 4.69) is 29.4 Å². The third-order valence-corrected chi connectivity index (χ3v) is 3.09. The molecule has 14 heavy (non-hydrogen) atoms. The zero-order valence-electron chi connectivity index (χ0n) is 8.86. The Morgan fingerprint density at radius 3 is 2.86 bits per heavy atom. The number of hydrogen-bond acceptors (Lipinski definition) is 2. The van der Waals surface area contributed by atoms with Crippen LogP contribution in [0.15, 0.2) is 22.5 Å². The van der Waals surface area contributed by atoms with Crippen LogP contribution in [0.5, 0.6) is 0 Å². The van der Waals surface area contributed by atoms with Crippen molar-refractivity contribution < 1.29 is 0 Å². The van der Waals surface area contributed by atoms with Gasteiger partial charge in [0.1, 0.15) is 0 Å². The molecular weight excluding hydrogens is 192 g/mol. The van der Waals surface area contributed by atoms with Gasteiger partial charge in [-0.3, -0.25) is 4.99 Å². The van der Waals surface area contributed by atoms with Crippen LogP contribution in [0.3, 0.4) is 0 Å². The number of amidine groups is 1. The Morgan fingerprint density at radius 1 is 1.57 bits per heavy atom. The third-order valence-electron chi connectivity index (χ3n) is 2.12. The predicted octanol–water partition coefficient (Wildman–Crippen LogP) is 3.36. The van der Waals surface area contributed by atoms with Crippen molar-refractivity contribution >= 4 is 17.2 Å². The van der Waals surface area contributed by atoms with Crippen LogP contribution in [0.25, 0.3) is 0 Å². The van der Waals surface area contributed by atoms with Crippen molar-refractivity contribution in [2.24, 2.45) is 10.7 Å². The monoisotopic (exact) mass is 210 g/mol. The second-order valence-corrected chi connectivity index (χ2v) is 4.27. The molecule has 1 atom stereocenters. The highest BCUT2D eigenvalue weighted by atomic mass is 32.1. The van der Waals surface area contributed by atoms with E-state index in [0.29, 0.717) is 0 Å². The molecule has 0 spiro atoms. The Balaban J connectivity index is 2.75. The van der Waals surface area contributed by atoms with Gasteiger partial charge in [0.25, 0.3) is 0 Å². The topological polar surface area (TPSA) is 38.4 Å². The van der Waals surface area contributed by atoms with Crippen LogP contribution < -0.4 is 5.73 Å². The van der Waals surface area contributed by atoms with Gasteiger partial charge in [0.2, 0.25) is 0 Å². The lowest BCUT2D eigenvalue weighted by Gasteiger charge is -2.10. The molecule has 0 saturated heterocycles. The Labute approximate surface area is 89.9 Å². The Kier molecular flexibility index (Phi) is 4.66. The summed E-state index contributed by atoms with van der Waals surface area (Å²) in [6.45, 7) is 4.22. The van der Waals surface area contributed by atoms with Crippen LogP contribution in [-0.4, -0.2) is 5.84 Å². The molecule has 0 aliphatic heterocycles. The first kappa shape index (κ1) is 11.2. The molecule has 0 aliphatic rings. The summed E-state index contributed by atoms with van der Waals surface area (Å²) >= 11 is 1.76. The molecule has 1 unspecified atom stereocenters. The molecule has 0 aliphatic carbocycles. The molecule has 0 amide bonds. The summed E-state index contributed by atoms with van der Waals surface area (Å²) in [5, 5.41) is 2.09. The average Bonchev–Trinajstić information content (AvgIpc) is 2.69. The number of hydrogen-bond donors (Lipinski definition) is 1. The largest absolute Gasteiger partial charge is 0.387 e. The summed E-state index contributed by atoms with van der Waals surface area (Å²) in [7, 11) is 0. The first-order valence-corrected chi connectivity index (χ1v) is 6.01. The van der Waals surface area contributed by atoms with E-state index in [0.717, 1.165) is 25.1 Å². The maximum absolute atomic E-state index is 5.76. The molecule has 3 heteroatoms. The molecule has 1 aromatic rings. The van der Waals surface area contributed by atoms with Crippen molar-refractivity contribution in [1.29, 1.82) is 0 Å². The molecule has 1 aromatic heterocycles. The zero-order valence-corrected chi connectivity index (χ0v) is 9.68. The van der Waals surface area contributed by atoms with Crippen LogP contribution in [0.1, 0.15) is 44.0 Å². The molecule has 0 bridgehead atoms. The van der Waals surface area contributed by atoms with Crippen molar-refractivity contribution in [3.63, 3.8) is 0 Å². The molecule has 2 N–H and O–H groups in total. The minimum atomic E-state index is 0.278. The number of nitrogens with two attached hydrogens (primary N) is 1. The minimum absolute atomic E-state index is 0.278. The summed E-state index contributed by atoms with van der Waals surface area (Å²) in [5.74, 6) is 0.761. The minimum Gasteiger partial charge on any atom is -0.387 e. The van der Waals surface area contributed by atoms with Gasteiger partial charge < -0.3 is 5.73 Å². The predicted molar refractivity (Wildman–Crippen MR) is 63.9 cm³/mol. The molecule has 1 rings (SSSR count). The van der Waals surface area contributed by atoms with Crippen LogP contribution in [-0.2, 0) is 0 Å². The van der Waals surface area contributed by atoms with Crippen LogP contribution in [0.4, 0.5) is 0 Å². The van der Waals surface area contributed by atoms with Crippen LogP contribution >= 0.6 is 11.3 Å². The van der Waals surface area contributed by atoms with E-state index in [1.165, 1.54) is 4.88 Å². The number of aliphatic imine (C=N–C) groups is 1. The van der Waals surface area contributed by atoms with Gasteiger partial charge in [-0.25, -0.2) is 0 Å². The molecular formula is C11H18N2S. The standard InChI is InChI=1S/C11H18N2S/c1-3-6-9(13-11(12)4-2)10-7-5-8-14-10/h5,7-9H,3-4,6H2,1-2H3,(H2,12,13). The fraction of sp³-hybridized carbons (Fsp3) is 0.545.